The molecule has 1 aromatic carbocycles. The van der Waals surface area contributed by atoms with Crippen molar-refractivity contribution in [1.29, 1.82) is 0 Å². The number of likely N-dealkylation sites (tertiary alicyclic amines) is 1. The Morgan fingerprint density at radius 1 is 1.31 bits per heavy atom. The van der Waals surface area contributed by atoms with E-state index in [9.17, 15) is 0 Å². The zero-order valence-electron chi connectivity index (χ0n) is 10.3. The summed E-state index contributed by atoms with van der Waals surface area (Å²) in [4.78, 5) is 2.36. The molecule has 0 N–H and O–H groups in total. The monoisotopic (exact) mass is 219 g/mol. The van der Waals surface area contributed by atoms with Crippen molar-refractivity contribution in [3.63, 3.8) is 0 Å². The van der Waals surface area contributed by atoms with Crippen LogP contribution in [0.2, 0.25) is 0 Å². The third-order valence-electron chi connectivity index (χ3n) is 3.28. The van der Waals surface area contributed by atoms with Gasteiger partial charge < -0.3 is 9.64 Å². The van der Waals surface area contributed by atoms with Crippen LogP contribution in [-0.2, 0) is 6.42 Å². The lowest BCUT2D eigenvalue weighted by Gasteiger charge is -2.29. The molecule has 0 unspecified atom stereocenters. The average molecular weight is 219 g/mol. The van der Waals surface area contributed by atoms with Crippen LogP contribution in [0.3, 0.4) is 0 Å². The smallest absolute Gasteiger partial charge is 0.119 e. The van der Waals surface area contributed by atoms with Crippen LogP contribution in [0, 0.1) is 0 Å². The van der Waals surface area contributed by atoms with E-state index >= 15 is 0 Å². The predicted molar refractivity (Wildman–Crippen MR) is 67.0 cm³/mol. The van der Waals surface area contributed by atoms with Gasteiger partial charge in [0, 0.05) is 13.1 Å². The molecular weight excluding hydrogens is 198 g/mol. The zero-order chi connectivity index (χ0) is 11.4. The summed E-state index contributed by atoms with van der Waals surface area (Å²) in [5.41, 5.74) is 1.35. The van der Waals surface area contributed by atoms with Crippen LogP contribution in [0.25, 0.3) is 0 Å². The minimum Gasteiger partial charge on any atom is -0.490 e. The van der Waals surface area contributed by atoms with Crippen LogP contribution >= 0.6 is 0 Å². The fourth-order valence-electron chi connectivity index (χ4n) is 2.13. The van der Waals surface area contributed by atoms with Gasteiger partial charge in [-0.15, -0.1) is 0 Å². The van der Waals surface area contributed by atoms with E-state index in [0.29, 0.717) is 6.10 Å². The standard InChI is InChI=1S/C14H21NO/c1-3-12-5-4-6-14(11-12)16-13-7-9-15(2)10-8-13/h4-6,11,13H,3,7-10H2,1-2H3. The van der Waals surface area contributed by atoms with Gasteiger partial charge in [0.15, 0.2) is 0 Å². The second kappa shape index (κ2) is 5.35. The van der Waals surface area contributed by atoms with Crippen molar-refractivity contribution in [2.75, 3.05) is 20.1 Å². The number of benzene rings is 1. The molecule has 2 rings (SSSR count). The van der Waals surface area contributed by atoms with E-state index in [-0.39, 0.29) is 0 Å². The highest BCUT2D eigenvalue weighted by Crippen LogP contribution is 2.19. The predicted octanol–water partition coefficient (Wildman–Crippen LogP) is 2.72. The SMILES string of the molecule is CCc1cccc(OC2CCN(C)CC2)c1. The maximum atomic E-state index is 6.02. The second-order valence-corrected chi connectivity index (χ2v) is 4.62. The van der Waals surface area contributed by atoms with E-state index in [2.05, 4.69) is 43.1 Å². The fourth-order valence-corrected chi connectivity index (χ4v) is 2.13. The molecule has 0 radical (unpaired) electrons. The summed E-state index contributed by atoms with van der Waals surface area (Å²) in [5, 5.41) is 0. The second-order valence-electron chi connectivity index (χ2n) is 4.62. The number of rotatable bonds is 3. The van der Waals surface area contributed by atoms with Crippen LogP contribution in [0.1, 0.15) is 25.3 Å². The van der Waals surface area contributed by atoms with Gasteiger partial charge in [0.2, 0.25) is 0 Å². The molecular formula is C14H21NO. The van der Waals surface area contributed by atoms with Crippen molar-refractivity contribution in [2.24, 2.45) is 0 Å². The van der Waals surface area contributed by atoms with Crippen LogP contribution in [0.4, 0.5) is 0 Å². The van der Waals surface area contributed by atoms with Crippen molar-refractivity contribution in [2.45, 2.75) is 32.3 Å². The molecule has 1 saturated heterocycles. The highest BCUT2D eigenvalue weighted by atomic mass is 16.5. The van der Waals surface area contributed by atoms with Crippen molar-refractivity contribution in [3.05, 3.63) is 29.8 Å². The first-order valence-corrected chi connectivity index (χ1v) is 6.22. The Kier molecular flexibility index (Phi) is 3.83. The lowest BCUT2D eigenvalue weighted by Crippen LogP contribution is -2.35. The maximum Gasteiger partial charge on any atom is 0.119 e. The Hall–Kier alpha value is -1.02. The van der Waals surface area contributed by atoms with Crippen LogP contribution in [0.15, 0.2) is 24.3 Å². The number of hydrogen-bond acceptors (Lipinski definition) is 2. The summed E-state index contributed by atoms with van der Waals surface area (Å²) in [7, 11) is 2.17. The summed E-state index contributed by atoms with van der Waals surface area (Å²) in [6, 6.07) is 8.47. The van der Waals surface area contributed by atoms with Gasteiger partial charge in [-0.25, -0.2) is 0 Å². The molecule has 0 amide bonds. The molecule has 2 nitrogen and oxygen atoms in total. The lowest BCUT2D eigenvalue weighted by molar-refractivity contribution is 0.114. The summed E-state index contributed by atoms with van der Waals surface area (Å²) in [6.45, 7) is 4.48. The molecule has 0 spiro atoms. The number of hydrogen-bond donors (Lipinski definition) is 0. The van der Waals surface area contributed by atoms with Crippen LogP contribution in [-0.4, -0.2) is 31.1 Å². The Labute approximate surface area is 98.2 Å². The van der Waals surface area contributed by atoms with Crippen molar-refractivity contribution < 1.29 is 4.74 Å². The number of piperidine rings is 1. The molecule has 16 heavy (non-hydrogen) atoms. The van der Waals surface area contributed by atoms with Crippen molar-refractivity contribution in [3.8, 4) is 5.75 Å². The molecule has 1 aromatic rings. The maximum absolute atomic E-state index is 6.02. The normalized spacial score (nSPS) is 18.6. The van der Waals surface area contributed by atoms with E-state index in [0.717, 1.165) is 38.1 Å². The summed E-state index contributed by atoms with van der Waals surface area (Å²) >= 11 is 0. The van der Waals surface area contributed by atoms with Crippen molar-refractivity contribution in [1.82, 2.24) is 4.90 Å². The molecule has 88 valence electrons. The van der Waals surface area contributed by atoms with Gasteiger partial charge in [0.05, 0.1) is 0 Å². The summed E-state index contributed by atoms with van der Waals surface area (Å²) in [5.74, 6) is 1.04. The highest BCUT2D eigenvalue weighted by Gasteiger charge is 2.17. The molecule has 1 aliphatic rings. The Morgan fingerprint density at radius 3 is 2.75 bits per heavy atom. The summed E-state index contributed by atoms with van der Waals surface area (Å²) in [6.07, 6.45) is 3.77. The Morgan fingerprint density at radius 2 is 2.06 bits per heavy atom. The highest BCUT2D eigenvalue weighted by molar-refractivity contribution is 5.28. The van der Waals surface area contributed by atoms with Gasteiger partial charge in [0.1, 0.15) is 11.9 Å². The van der Waals surface area contributed by atoms with Gasteiger partial charge in [-0.05, 0) is 44.0 Å². The van der Waals surface area contributed by atoms with E-state index < -0.39 is 0 Å². The molecule has 0 saturated carbocycles. The van der Waals surface area contributed by atoms with Crippen molar-refractivity contribution >= 4 is 0 Å². The zero-order valence-corrected chi connectivity index (χ0v) is 10.3. The van der Waals surface area contributed by atoms with Gasteiger partial charge in [-0.1, -0.05) is 19.1 Å². The molecule has 0 aromatic heterocycles. The molecule has 1 fully saturated rings. The van der Waals surface area contributed by atoms with Crippen LogP contribution < -0.4 is 4.74 Å². The molecule has 0 atom stereocenters. The van der Waals surface area contributed by atoms with Crippen LogP contribution in [0.5, 0.6) is 5.75 Å². The fraction of sp³-hybridized carbons (Fsp3) is 0.571. The van der Waals surface area contributed by atoms with Gasteiger partial charge in [-0.2, -0.15) is 0 Å². The Balaban J connectivity index is 1.93. The first kappa shape index (κ1) is 11.5. The average Bonchev–Trinajstić information content (AvgIpc) is 2.32. The molecule has 1 heterocycles. The molecule has 0 aliphatic carbocycles. The lowest BCUT2D eigenvalue weighted by atomic mass is 10.1. The quantitative estimate of drug-likeness (QED) is 0.775. The van der Waals surface area contributed by atoms with E-state index in [1.54, 1.807) is 0 Å². The minimum absolute atomic E-state index is 0.406. The molecule has 1 aliphatic heterocycles. The third kappa shape index (κ3) is 2.99. The van der Waals surface area contributed by atoms with Gasteiger partial charge in [-0.3, -0.25) is 0 Å². The van der Waals surface area contributed by atoms with E-state index in [1.165, 1.54) is 5.56 Å². The minimum atomic E-state index is 0.406. The third-order valence-corrected chi connectivity index (χ3v) is 3.28. The van der Waals surface area contributed by atoms with E-state index in [1.807, 2.05) is 0 Å². The topological polar surface area (TPSA) is 12.5 Å². The largest absolute Gasteiger partial charge is 0.490 e. The summed E-state index contributed by atoms with van der Waals surface area (Å²) < 4.78 is 6.02. The number of aryl methyl sites for hydroxylation is 1. The molecule has 0 bridgehead atoms. The Bertz CT molecular complexity index is 329. The number of nitrogens with zero attached hydrogens (tertiary/aromatic N) is 1. The van der Waals surface area contributed by atoms with Gasteiger partial charge >= 0.3 is 0 Å². The van der Waals surface area contributed by atoms with Gasteiger partial charge in [0.25, 0.3) is 0 Å². The first-order valence-electron chi connectivity index (χ1n) is 6.22. The molecule has 2 heteroatoms. The first-order chi connectivity index (χ1) is 7.78. The number of ether oxygens (including phenoxy) is 1. The van der Waals surface area contributed by atoms with E-state index in [4.69, 9.17) is 4.74 Å².